The predicted octanol–water partition coefficient (Wildman–Crippen LogP) is 5.01. The van der Waals surface area contributed by atoms with Crippen molar-refractivity contribution in [1.29, 1.82) is 0 Å². The molecule has 0 saturated heterocycles. The molecule has 1 aromatic carbocycles. The first-order chi connectivity index (χ1) is 14.5. The first-order valence-corrected chi connectivity index (χ1v) is 10.8. The molecule has 0 bridgehead atoms. The average Bonchev–Trinajstić information content (AvgIpc) is 3.05. The van der Waals surface area contributed by atoms with Crippen LogP contribution in [-0.2, 0) is 20.9 Å². The molecule has 0 fully saturated rings. The summed E-state index contributed by atoms with van der Waals surface area (Å²) in [6.45, 7) is 9.51. The second-order valence-electron chi connectivity index (χ2n) is 8.53. The summed E-state index contributed by atoms with van der Waals surface area (Å²) in [4.78, 5) is 25.0. The van der Waals surface area contributed by atoms with Gasteiger partial charge in [-0.2, -0.15) is 4.68 Å². The van der Waals surface area contributed by atoms with Gasteiger partial charge in [0.1, 0.15) is 24.0 Å². The Bertz CT molecular complexity index is 888. The van der Waals surface area contributed by atoms with Gasteiger partial charge in [-0.3, -0.25) is 0 Å². The maximum absolute atomic E-state index is 12.8. The standard InChI is InChI=1S/C22H30BrN3O5/c1-14(2)11-18(20(27)30-13-15-7-9-16(29-6)10-8-15)24-19-17(23)12-26(25-19)21(28)31-22(3,4)5/h7-10,12,14,18H,11,13H2,1-6H3,(H,24,25). The molecule has 2 rings (SSSR count). The fraction of sp³-hybridized carbons (Fsp3) is 0.500. The third kappa shape index (κ3) is 7.90. The van der Waals surface area contributed by atoms with E-state index >= 15 is 0 Å². The summed E-state index contributed by atoms with van der Waals surface area (Å²) in [7, 11) is 1.60. The van der Waals surface area contributed by atoms with E-state index in [0.717, 1.165) is 16.0 Å². The number of rotatable bonds is 8. The highest BCUT2D eigenvalue weighted by atomic mass is 79.9. The molecule has 1 heterocycles. The molecular weight excluding hydrogens is 466 g/mol. The minimum Gasteiger partial charge on any atom is -0.497 e. The number of esters is 1. The van der Waals surface area contributed by atoms with Crippen LogP contribution in [0.4, 0.5) is 10.6 Å². The third-order valence-electron chi connectivity index (χ3n) is 4.09. The Morgan fingerprint density at radius 1 is 1.19 bits per heavy atom. The highest BCUT2D eigenvalue weighted by Crippen LogP contribution is 2.24. The van der Waals surface area contributed by atoms with E-state index < -0.39 is 23.7 Å². The number of aromatic nitrogens is 2. The molecule has 0 spiro atoms. The Balaban J connectivity index is 2.08. The second kappa shape index (κ2) is 10.7. The number of nitrogens with zero attached hydrogens (tertiary/aromatic N) is 2. The summed E-state index contributed by atoms with van der Waals surface area (Å²) in [5.41, 5.74) is 0.210. The molecule has 170 valence electrons. The van der Waals surface area contributed by atoms with Gasteiger partial charge in [0.05, 0.1) is 17.8 Å². The van der Waals surface area contributed by atoms with Crippen molar-refractivity contribution in [2.75, 3.05) is 12.4 Å². The Labute approximate surface area is 191 Å². The maximum atomic E-state index is 12.8. The van der Waals surface area contributed by atoms with E-state index in [1.54, 1.807) is 27.9 Å². The smallest absolute Gasteiger partial charge is 0.435 e. The Hall–Kier alpha value is -2.55. The number of carbonyl (C=O) groups excluding carboxylic acids is 2. The Kier molecular flexibility index (Phi) is 8.50. The number of carbonyl (C=O) groups is 2. The van der Waals surface area contributed by atoms with Gasteiger partial charge in [0.2, 0.25) is 0 Å². The van der Waals surface area contributed by atoms with Crippen LogP contribution in [0.2, 0.25) is 0 Å². The number of methoxy groups -OCH3 is 1. The first kappa shape index (κ1) is 24.7. The monoisotopic (exact) mass is 495 g/mol. The second-order valence-corrected chi connectivity index (χ2v) is 9.39. The molecule has 1 N–H and O–H groups in total. The van der Waals surface area contributed by atoms with Crippen molar-refractivity contribution in [3.05, 3.63) is 40.5 Å². The van der Waals surface area contributed by atoms with Crippen LogP contribution in [0.3, 0.4) is 0 Å². The minimum atomic E-state index is -0.644. The van der Waals surface area contributed by atoms with E-state index in [0.29, 0.717) is 16.7 Å². The third-order valence-corrected chi connectivity index (χ3v) is 4.67. The van der Waals surface area contributed by atoms with Crippen LogP contribution >= 0.6 is 15.9 Å². The number of hydrogen-bond donors (Lipinski definition) is 1. The molecule has 0 aliphatic rings. The van der Waals surface area contributed by atoms with Crippen LogP contribution < -0.4 is 10.1 Å². The van der Waals surface area contributed by atoms with Gasteiger partial charge < -0.3 is 19.5 Å². The van der Waals surface area contributed by atoms with E-state index in [4.69, 9.17) is 14.2 Å². The fourth-order valence-electron chi connectivity index (χ4n) is 2.68. The van der Waals surface area contributed by atoms with Gasteiger partial charge in [-0.15, -0.1) is 5.10 Å². The van der Waals surface area contributed by atoms with Crippen molar-refractivity contribution in [2.24, 2.45) is 5.92 Å². The van der Waals surface area contributed by atoms with Crippen molar-refractivity contribution in [3.63, 3.8) is 0 Å². The number of nitrogens with one attached hydrogen (secondary N) is 1. The molecule has 8 nitrogen and oxygen atoms in total. The predicted molar refractivity (Wildman–Crippen MR) is 121 cm³/mol. The molecule has 0 aliphatic heterocycles. The van der Waals surface area contributed by atoms with Gasteiger partial charge in [0.15, 0.2) is 5.82 Å². The fourth-order valence-corrected chi connectivity index (χ4v) is 3.07. The lowest BCUT2D eigenvalue weighted by Crippen LogP contribution is -2.33. The molecule has 1 atom stereocenters. The highest BCUT2D eigenvalue weighted by Gasteiger charge is 2.25. The van der Waals surface area contributed by atoms with Crippen molar-refractivity contribution < 1.29 is 23.8 Å². The number of hydrogen-bond acceptors (Lipinski definition) is 7. The van der Waals surface area contributed by atoms with Gasteiger partial charge in [0, 0.05) is 0 Å². The lowest BCUT2D eigenvalue weighted by atomic mass is 10.0. The summed E-state index contributed by atoms with van der Waals surface area (Å²) in [5.74, 6) is 0.929. The lowest BCUT2D eigenvalue weighted by molar-refractivity contribution is -0.146. The Morgan fingerprint density at radius 3 is 2.39 bits per heavy atom. The van der Waals surface area contributed by atoms with Gasteiger partial charge in [-0.25, -0.2) is 9.59 Å². The van der Waals surface area contributed by atoms with Crippen LogP contribution in [0.15, 0.2) is 34.9 Å². The Morgan fingerprint density at radius 2 is 1.84 bits per heavy atom. The summed E-state index contributed by atoms with van der Waals surface area (Å²) < 4.78 is 17.6. The van der Waals surface area contributed by atoms with Gasteiger partial charge in [-0.1, -0.05) is 26.0 Å². The van der Waals surface area contributed by atoms with Crippen molar-refractivity contribution in [3.8, 4) is 5.75 Å². The molecule has 1 aromatic heterocycles. The number of benzene rings is 1. The maximum Gasteiger partial charge on any atom is 0.435 e. The molecule has 0 amide bonds. The molecule has 0 radical (unpaired) electrons. The van der Waals surface area contributed by atoms with Crippen LogP contribution in [0.5, 0.6) is 5.75 Å². The first-order valence-electron chi connectivity index (χ1n) is 10.0. The van der Waals surface area contributed by atoms with Crippen molar-refractivity contribution >= 4 is 33.8 Å². The molecule has 0 aliphatic carbocycles. The molecule has 9 heteroatoms. The van der Waals surface area contributed by atoms with E-state index in [9.17, 15) is 9.59 Å². The minimum absolute atomic E-state index is 0.145. The molecule has 2 aromatic rings. The zero-order valence-corrected chi connectivity index (χ0v) is 20.4. The largest absolute Gasteiger partial charge is 0.497 e. The topological polar surface area (TPSA) is 91.7 Å². The van der Waals surface area contributed by atoms with Gasteiger partial charge in [-0.05, 0) is 66.7 Å². The number of halogens is 1. The molecule has 0 saturated carbocycles. The molecular formula is C22H30BrN3O5. The van der Waals surface area contributed by atoms with Gasteiger partial charge in [0.25, 0.3) is 0 Å². The van der Waals surface area contributed by atoms with E-state index in [1.165, 1.54) is 6.20 Å². The van der Waals surface area contributed by atoms with Crippen LogP contribution in [0.1, 0.15) is 46.6 Å². The summed E-state index contributed by atoms with van der Waals surface area (Å²) in [6, 6.07) is 6.68. The average molecular weight is 496 g/mol. The van der Waals surface area contributed by atoms with E-state index in [-0.39, 0.29) is 12.5 Å². The van der Waals surface area contributed by atoms with Crippen LogP contribution in [0.25, 0.3) is 0 Å². The van der Waals surface area contributed by atoms with E-state index in [2.05, 4.69) is 26.3 Å². The molecule has 1 unspecified atom stereocenters. The normalized spacial score (nSPS) is 12.4. The zero-order chi connectivity index (χ0) is 23.2. The van der Waals surface area contributed by atoms with Crippen molar-refractivity contribution in [1.82, 2.24) is 9.78 Å². The van der Waals surface area contributed by atoms with Crippen LogP contribution in [-0.4, -0.2) is 40.6 Å². The van der Waals surface area contributed by atoms with E-state index in [1.807, 2.05) is 38.1 Å². The SMILES string of the molecule is COc1ccc(COC(=O)C(CC(C)C)Nc2nn(C(=O)OC(C)(C)C)cc2Br)cc1. The number of ether oxygens (including phenoxy) is 3. The van der Waals surface area contributed by atoms with Gasteiger partial charge >= 0.3 is 12.1 Å². The van der Waals surface area contributed by atoms with Crippen LogP contribution in [0, 0.1) is 5.92 Å². The summed E-state index contributed by atoms with van der Waals surface area (Å²) in [5, 5.41) is 7.31. The zero-order valence-electron chi connectivity index (χ0n) is 18.8. The lowest BCUT2D eigenvalue weighted by Gasteiger charge is -2.20. The van der Waals surface area contributed by atoms with Crippen molar-refractivity contribution in [2.45, 2.75) is 59.3 Å². The quantitative estimate of drug-likeness (QED) is 0.514. The number of anilines is 1. The summed E-state index contributed by atoms with van der Waals surface area (Å²) in [6.07, 6.45) is 1.42. The highest BCUT2D eigenvalue weighted by molar-refractivity contribution is 9.10. The molecule has 31 heavy (non-hydrogen) atoms. The summed E-state index contributed by atoms with van der Waals surface area (Å²) >= 11 is 3.38.